The molecule has 31 heavy (non-hydrogen) atoms. The Bertz CT molecular complexity index is 1260. The van der Waals surface area contributed by atoms with Crippen LogP contribution in [0.3, 0.4) is 0 Å². The minimum absolute atomic E-state index is 0.0550. The van der Waals surface area contributed by atoms with Crippen LogP contribution in [0.15, 0.2) is 88.3 Å². The molecule has 1 atom stereocenters. The number of esters is 1. The number of ether oxygens (including phenoxy) is 2. The van der Waals surface area contributed by atoms with E-state index in [1.54, 1.807) is 36.4 Å². The third-order valence-electron chi connectivity index (χ3n) is 4.60. The Morgan fingerprint density at radius 2 is 1.74 bits per heavy atom. The lowest BCUT2D eigenvalue weighted by Gasteiger charge is -2.12. The fourth-order valence-corrected chi connectivity index (χ4v) is 3.00. The largest absolute Gasteiger partial charge is 0.508 e. The average Bonchev–Trinajstić information content (AvgIpc) is 2.78. The van der Waals surface area contributed by atoms with Gasteiger partial charge in [0.25, 0.3) is 0 Å². The van der Waals surface area contributed by atoms with Gasteiger partial charge in [-0.3, -0.25) is 4.79 Å². The lowest BCUT2D eigenvalue weighted by atomic mass is 10.1. The van der Waals surface area contributed by atoms with Crippen LogP contribution in [0.2, 0.25) is 0 Å². The second-order valence-corrected chi connectivity index (χ2v) is 6.90. The molecule has 0 fully saturated rings. The van der Waals surface area contributed by atoms with Gasteiger partial charge in [-0.1, -0.05) is 30.3 Å². The second kappa shape index (κ2) is 8.73. The van der Waals surface area contributed by atoms with Crippen molar-refractivity contribution in [3.63, 3.8) is 0 Å². The lowest BCUT2D eigenvalue weighted by Crippen LogP contribution is -2.36. The van der Waals surface area contributed by atoms with Gasteiger partial charge in [-0.05, 0) is 48.4 Å². The Morgan fingerprint density at radius 1 is 1.00 bits per heavy atom. The first-order chi connectivity index (χ1) is 15.0. The maximum absolute atomic E-state index is 12.7. The molecule has 1 heterocycles. The van der Waals surface area contributed by atoms with Crippen LogP contribution in [-0.4, -0.2) is 17.1 Å². The number of hydrogen-bond donors (Lipinski definition) is 2. The molecule has 0 amide bonds. The summed E-state index contributed by atoms with van der Waals surface area (Å²) in [5, 5.41) is 9.62. The number of rotatable bonds is 6. The van der Waals surface area contributed by atoms with Gasteiger partial charge in [0.15, 0.2) is 0 Å². The summed E-state index contributed by atoms with van der Waals surface area (Å²) in [7, 11) is 0. The van der Waals surface area contributed by atoms with Gasteiger partial charge in [0.05, 0.1) is 5.39 Å². The molecule has 0 bridgehead atoms. The van der Waals surface area contributed by atoms with Crippen molar-refractivity contribution in [3.8, 4) is 23.0 Å². The van der Waals surface area contributed by atoms with Gasteiger partial charge in [-0.2, -0.15) is 0 Å². The number of phenolic OH excluding ortho intramolecular Hbond substituents is 1. The van der Waals surface area contributed by atoms with Crippen LogP contribution >= 0.6 is 0 Å². The summed E-state index contributed by atoms with van der Waals surface area (Å²) in [4.78, 5) is 25.0. The molecular weight excluding hydrogens is 398 g/mol. The normalized spacial score (nSPS) is 11.8. The minimum atomic E-state index is -0.895. The first-order valence-electron chi connectivity index (χ1n) is 9.53. The molecule has 4 rings (SSSR count). The minimum Gasteiger partial charge on any atom is -0.508 e. The summed E-state index contributed by atoms with van der Waals surface area (Å²) in [6.07, 6.45) is 1.47. The number of benzene rings is 3. The van der Waals surface area contributed by atoms with Crippen LogP contribution in [-0.2, 0) is 11.2 Å². The lowest BCUT2D eigenvalue weighted by molar-refractivity contribution is -0.135. The fourth-order valence-electron chi connectivity index (χ4n) is 3.00. The number of carbonyl (C=O) groups is 1. The highest BCUT2D eigenvalue weighted by molar-refractivity contribution is 5.82. The number of para-hydroxylation sites is 1. The van der Waals surface area contributed by atoms with Crippen molar-refractivity contribution in [3.05, 3.63) is 94.8 Å². The number of carbonyl (C=O) groups excluding carboxylic acids is 1. The molecule has 3 aromatic carbocycles. The first kappa shape index (κ1) is 20.2. The summed E-state index contributed by atoms with van der Waals surface area (Å²) in [5.74, 6) is 0.286. The van der Waals surface area contributed by atoms with Crippen LogP contribution in [0, 0.1) is 0 Å². The highest BCUT2D eigenvalue weighted by Gasteiger charge is 2.18. The fraction of sp³-hybridized carbons (Fsp3) is 0.0833. The quantitative estimate of drug-likeness (QED) is 0.363. The molecule has 0 aliphatic carbocycles. The van der Waals surface area contributed by atoms with Crippen molar-refractivity contribution in [1.29, 1.82) is 0 Å². The predicted octanol–water partition coefficient (Wildman–Crippen LogP) is 3.77. The molecule has 0 saturated carbocycles. The summed E-state index contributed by atoms with van der Waals surface area (Å²) in [5.41, 5.74) is 6.64. The van der Waals surface area contributed by atoms with Gasteiger partial charge in [-0.15, -0.1) is 0 Å². The van der Waals surface area contributed by atoms with Crippen molar-refractivity contribution in [1.82, 2.24) is 0 Å². The van der Waals surface area contributed by atoms with Crippen molar-refractivity contribution in [2.45, 2.75) is 12.5 Å². The number of phenols is 1. The highest BCUT2D eigenvalue weighted by Crippen LogP contribution is 2.24. The molecule has 1 aromatic heterocycles. The Balaban J connectivity index is 1.48. The van der Waals surface area contributed by atoms with Gasteiger partial charge in [0.1, 0.15) is 35.1 Å². The van der Waals surface area contributed by atoms with Crippen molar-refractivity contribution < 1.29 is 23.8 Å². The topological polar surface area (TPSA) is 112 Å². The Kier molecular flexibility index (Phi) is 5.68. The molecule has 156 valence electrons. The summed E-state index contributed by atoms with van der Waals surface area (Å²) >= 11 is 0. The van der Waals surface area contributed by atoms with E-state index in [0.29, 0.717) is 11.1 Å². The summed E-state index contributed by atoms with van der Waals surface area (Å²) in [6, 6.07) is 18.9. The maximum Gasteiger partial charge on any atom is 0.328 e. The van der Waals surface area contributed by atoms with E-state index in [4.69, 9.17) is 19.6 Å². The van der Waals surface area contributed by atoms with E-state index >= 15 is 0 Å². The van der Waals surface area contributed by atoms with Crippen molar-refractivity contribution >= 4 is 16.9 Å². The van der Waals surface area contributed by atoms with Crippen LogP contribution in [0.1, 0.15) is 5.56 Å². The zero-order valence-electron chi connectivity index (χ0n) is 16.4. The van der Waals surface area contributed by atoms with Crippen molar-refractivity contribution in [2.75, 3.05) is 0 Å². The van der Waals surface area contributed by atoms with Gasteiger partial charge >= 0.3 is 5.97 Å². The average molecular weight is 417 g/mol. The Labute approximate surface area is 177 Å². The van der Waals surface area contributed by atoms with E-state index in [-0.39, 0.29) is 34.7 Å². The summed E-state index contributed by atoms with van der Waals surface area (Å²) < 4.78 is 16.4. The van der Waals surface area contributed by atoms with E-state index in [2.05, 4.69) is 0 Å². The molecule has 3 N–H and O–H groups in total. The first-order valence-corrected chi connectivity index (χ1v) is 9.53. The van der Waals surface area contributed by atoms with E-state index in [9.17, 15) is 14.7 Å². The van der Waals surface area contributed by atoms with E-state index in [0.717, 1.165) is 5.56 Å². The van der Waals surface area contributed by atoms with Gasteiger partial charge in [-0.25, -0.2) is 4.79 Å². The van der Waals surface area contributed by atoms with E-state index in [1.807, 2.05) is 6.07 Å². The Morgan fingerprint density at radius 3 is 2.48 bits per heavy atom. The molecule has 0 saturated heterocycles. The molecule has 0 aliphatic heterocycles. The van der Waals surface area contributed by atoms with Gasteiger partial charge < -0.3 is 24.7 Å². The second-order valence-electron chi connectivity index (χ2n) is 6.90. The number of hydrogen-bond acceptors (Lipinski definition) is 7. The van der Waals surface area contributed by atoms with Gasteiger partial charge in [0.2, 0.25) is 11.2 Å². The molecule has 0 spiro atoms. The van der Waals surface area contributed by atoms with Crippen LogP contribution in [0.5, 0.6) is 23.0 Å². The monoisotopic (exact) mass is 417 g/mol. The number of aromatic hydroxyl groups is 1. The predicted molar refractivity (Wildman–Crippen MR) is 114 cm³/mol. The maximum atomic E-state index is 12.7. The zero-order valence-corrected chi connectivity index (χ0v) is 16.4. The molecule has 7 nitrogen and oxygen atoms in total. The standard InChI is InChI=1S/C24H19NO6/c25-20(12-15-6-8-16(26)9-7-15)24(28)31-18-10-11-19-21(13-18)29-14-22(23(19)27)30-17-4-2-1-3-5-17/h1-11,13-14,20,26H,12,25H2. The third-order valence-corrected chi connectivity index (χ3v) is 4.60. The SMILES string of the molecule is NC(Cc1ccc(O)cc1)C(=O)Oc1ccc2c(=O)c(Oc3ccccc3)coc2c1. The zero-order chi connectivity index (χ0) is 21.8. The number of nitrogens with two attached hydrogens (primary N) is 1. The van der Waals surface area contributed by atoms with Gasteiger partial charge in [0, 0.05) is 6.07 Å². The highest BCUT2D eigenvalue weighted by atomic mass is 16.5. The summed E-state index contributed by atoms with van der Waals surface area (Å²) in [6.45, 7) is 0. The van der Waals surface area contributed by atoms with Crippen LogP contribution in [0.25, 0.3) is 11.0 Å². The van der Waals surface area contributed by atoms with Crippen LogP contribution in [0.4, 0.5) is 0 Å². The molecule has 1 unspecified atom stereocenters. The van der Waals surface area contributed by atoms with E-state index < -0.39 is 12.0 Å². The molecule has 0 radical (unpaired) electrons. The smallest absolute Gasteiger partial charge is 0.328 e. The molecule has 7 heteroatoms. The molecule has 4 aromatic rings. The molecular formula is C24H19NO6. The number of fused-ring (bicyclic) bond motifs is 1. The third kappa shape index (κ3) is 4.73. The van der Waals surface area contributed by atoms with E-state index in [1.165, 1.54) is 36.6 Å². The Hall–Kier alpha value is -4.10. The van der Waals surface area contributed by atoms with Crippen LogP contribution < -0.4 is 20.6 Å². The molecule has 0 aliphatic rings. The van der Waals surface area contributed by atoms with Crippen molar-refractivity contribution in [2.24, 2.45) is 5.73 Å².